The van der Waals surface area contributed by atoms with E-state index in [1.807, 2.05) is 5.38 Å². The molecule has 4 nitrogen and oxygen atoms in total. The van der Waals surface area contributed by atoms with Gasteiger partial charge in [0.05, 0.1) is 11.8 Å². The molecule has 0 saturated carbocycles. The van der Waals surface area contributed by atoms with Crippen LogP contribution in [0, 0.1) is 0 Å². The Labute approximate surface area is 108 Å². The number of nitrogens with zero attached hydrogens (tertiary/aromatic N) is 3. The molecule has 1 N–H and O–H groups in total. The SMILES string of the molecule is CCN(c1nc(C(C)O)cs1)C(C)CN(C)C. The average Bonchev–Trinajstić information content (AvgIpc) is 2.66. The summed E-state index contributed by atoms with van der Waals surface area (Å²) < 4.78 is 0. The van der Waals surface area contributed by atoms with E-state index < -0.39 is 6.10 Å². The highest BCUT2D eigenvalue weighted by molar-refractivity contribution is 7.13. The van der Waals surface area contributed by atoms with Crippen molar-refractivity contribution in [3.63, 3.8) is 0 Å². The standard InChI is InChI=1S/C12H23N3OS/c1-6-15(9(2)7-14(4)5)12-13-11(8-17-12)10(3)16/h8-10,16H,6-7H2,1-5H3. The summed E-state index contributed by atoms with van der Waals surface area (Å²) >= 11 is 1.60. The van der Waals surface area contributed by atoms with E-state index >= 15 is 0 Å². The van der Waals surface area contributed by atoms with Gasteiger partial charge in [0.1, 0.15) is 0 Å². The third-order valence-corrected chi connectivity index (χ3v) is 3.58. The minimum absolute atomic E-state index is 0.419. The summed E-state index contributed by atoms with van der Waals surface area (Å²) in [7, 11) is 4.15. The van der Waals surface area contributed by atoms with Gasteiger partial charge in [-0.2, -0.15) is 0 Å². The minimum atomic E-state index is -0.483. The van der Waals surface area contributed by atoms with Crippen LogP contribution in [0.5, 0.6) is 0 Å². The summed E-state index contributed by atoms with van der Waals surface area (Å²) in [5.74, 6) is 0. The van der Waals surface area contributed by atoms with Gasteiger partial charge < -0.3 is 14.9 Å². The molecule has 1 rings (SSSR count). The van der Waals surface area contributed by atoms with E-state index in [4.69, 9.17) is 0 Å². The van der Waals surface area contributed by atoms with E-state index in [9.17, 15) is 5.11 Å². The number of rotatable bonds is 6. The van der Waals surface area contributed by atoms with Crippen molar-refractivity contribution in [3.05, 3.63) is 11.1 Å². The first-order valence-corrected chi connectivity index (χ1v) is 6.88. The zero-order valence-corrected chi connectivity index (χ0v) is 12.2. The second-order valence-corrected chi connectivity index (χ2v) is 5.46. The molecule has 0 spiro atoms. The Kier molecular flexibility index (Phi) is 5.36. The molecule has 0 aromatic carbocycles. The third-order valence-electron chi connectivity index (χ3n) is 2.69. The van der Waals surface area contributed by atoms with Crippen molar-refractivity contribution in [1.82, 2.24) is 9.88 Å². The molecular formula is C12H23N3OS. The fourth-order valence-corrected chi connectivity index (χ4v) is 2.94. The van der Waals surface area contributed by atoms with Gasteiger partial charge in [-0.15, -0.1) is 11.3 Å². The number of hydrogen-bond donors (Lipinski definition) is 1. The average molecular weight is 257 g/mol. The molecule has 17 heavy (non-hydrogen) atoms. The number of aliphatic hydroxyl groups excluding tert-OH is 1. The first kappa shape index (κ1) is 14.4. The molecule has 0 fully saturated rings. The highest BCUT2D eigenvalue weighted by atomic mass is 32.1. The normalized spacial score (nSPS) is 15.0. The molecule has 0 radical (unpaired) electrons. The molecule has 0 saturated heterocycles. The maximum atomic E-state index is 9.49. The van der Waals surface area contributed by atoms with Crippen molar-refractivity contribution in [3.8, 4) is 0 Å². The number of likely N-dealkylation sites (N-methyl/N-ethyl adjacent to an activating group) is 2. The fourth-order valence-electron chi connectivity index (χ4n) is 1.86. The van der Waals surface area contributed by atoms with Crippen molar-refractivity contribution in [1.29, 1.82) is 0 Å². The molecule has 98 valence electrons. The summed E-state index contributed by atoms with van der Waals surface area (Å²) in [4.78, 5) is 8.94. The summed E-state index contributed by atoms with van der Waals surface area (Å²) in [5, 5.41) is 12.4. The van der Waals surface area contributed by atoms with Gasteiger partial charge in [0, 0.05) is 24.5 Å². The molecule has 0 bridgehead atoms. The minimum Gasteiger partial charge on any atom is -0.387 e. The fraction of sp³-hybridized carbons (Fsp3) is 0.750. The van der Waals surface area contributed by atoms with Crippen LogP contribution in [0.15, 0.2) is 5.38 Å². The van der Waals surface area contributed by atoms with E-state index in [1.54, 1.807) is 18.3 Å². The number of aliphatic hydroxyl groups is 1. The predicted octanol–water partition coefficient (Wildman–Crippen LogP) is 1.97. The Hall–Kier alpha value is -0.650. The van der Waals surface area contributed by atoms with Gasteiger partial charge in [-0.1, -0.05) is 0 Å². The Morgan fingerprint density at radius 1 is 1.41 bits per heavy atom. The maximum Gasteiger partial charge on any atom is 0.185 e. The Balaban J connectivity index is 2.78. The molecule has 0 amide bonds. The van der Waals surface area contributed by atoms with Crippen molar-refractivity contribution in [2.24, 2.45) is 0 Å². The monoisotopic (exact) mass is 257 g/mol. The lowest BCUT2D eigenvalue weighted by atomic mass is 10.3. The van der Waals surface area contributed by atoms with Crippen LogP contribution >= 0.6 is 11.3 Å². The Morgan fingerprint density at radius 2 is 2.06 bits per heavy atom. The van der Waals surface area contributed by atoms with Crippen LogP contribution in [-0.2, 0) is 0 Å². The number of anilines is 1. The van der Waals surface area contributed by atoms with Gasteiger partial charge in [0.25, 0.3) is 0 Å². The zero-order chi connectivity index (χ0) is 13.0. The molecule has 1 heterocycles. The van der Waals surface area contributed by atoms with Gasteiger partial charge in [0.2, 0.25) is 0 Å². The number of aromatic nitrogens is 1. The molecule has 0 aliphatic rings. The highest BCUT2D eigenvalue weighted by Gasteiger charge is 2.17. The van der Waals surface area contributed by atoms with Crippen LogP contribution in [0.3, 0.4) is 0 Å². The quantitative estimate of drug-likeness (QED) is 0.846. The van der Waals surface area contributed by atoms with Crippen LogP contribution in [0.1, 0.15) is 32.6 Å². The second kappa shape index (κ2) is 6.33. The van der Waals surface area contributed by atoms with Crippen LogP contribution < -0.4 is 4.90 Å². The van der Waals surface area contributed by atoms with Crippen LogP contribution in [0.4, 0.5) is 5.13 Å². The summed E-state index contributed by atoms with van der Waals surface area (Å²) in [6, 6.07) is 0.419. The highest BCUT2D eigenvalue weighted by Crippen LogP contribution is 2.25. The number of thiazole rings is 1. The lowest BCUT2D eigenvalue weighted by Crippen LogP contribution is -2.40. The van der Waals surface area contributed by atoms with E-state index in [0.717, 1.165) is 23.9 Å². The van der Waals surface area contributed by atoms with Crippen LogP contribution in [0.25, 0.3) is 0 Å². The zero-order valence-electron chi connectivity index (χ0n) is 11.3. The molecule has 2 atom stereocenters. The van der Waals surface area contributed by atoms with E-state index in [-0.39, 0.29) is 0 Å². The van der Waals surface area contributed by atoms with Gasteiger partial charge in [-0.25, -0.2) is 4.98 Å². The Morgan fingerprint density at radius 3 is 2.47 bits per heavy atom. The van der Waals surface area contributed by atoms with Crippen LogP contribution in [0.2, 0.25) is 0 Å². The van der Waals surface area contributed by atoms with Crippen molar-refractivity contribution >= 4 is 16.5 Å². The van der Waals surface area contributed by atoms with Crippen molar-refractivity contribution in [2.45, 2.75) is 32.9 Å². The molecule has 5 heteroatoms. The number of hydrogen-bond acceptors (Lipinski definition) is 5. The van der Waals surface area contributed by atoms with Gasteiger partial charge >= 0.3 is 0 Å². The largest absolute Gasteiger partial charge is 0.387 e. The topological polar surface area (TPSA) is 39.6 Å². The molecule has 1 aromatic rings. The summed E-state index contributed by atoms with van der Waals surface area (Å²) in [5.41, 5.74) is 0.764. The molecule has 2 unspecified atom stereocenters. The van der Waals surface area contributed by atoms with E-state index in [0.29, 0.717) is 6.04 Å². The maximum absolute atomic E-state index is 9.49. The van der Waals surface area contributed by atoms with Crippen molar-refractivity contribution in [2.75, 3.05) is 32.1 Å². The summed E-state index contributed by atoms with van der Waals surface area (Å²) in [6.45, 7) is 8.01. The van der Waals surface area contributed by atoms with Crippen molar-refractivity contribution < 1.29 is 5.11 Å². The molecule has 1 aromatic heterocycles. The molecule has 0 aliphatic carbocycles. The smallest absolute Gasteiger partial charge is 0.185 e. The second-order valence-electron chi connectivity index (χ2n) is 4.63. The predicted molar refractivity (Wildman–Crippen MR) is 73.8 cm³/mol. The van der Waals surface area contributed by atoms with Crippen LogP contribution in [-0.4, -0.2) is 48.2 Å². The first-order valence-electron chi connectivity index (χ1n) is 6.00. The van der Waals surface area contributed by atoms with Gasteiger partial charge in [-0.3, -0.25) is 0 Å². The molecular weight excluding hydrogens is 234 g/mol. The summed E-state index contributed by atoms with van der Waals surface area (Å²) in [6.07, 6.45) is -0.483. The third kappa shape index (κ3) is 3.94. The first-order chi connectivity index (χ1) is 7.95. The lowest BCUT2D eigenvalue weighted by Gasteiger charge is -2.29. The van der Waals surface area contributed by atoms with E-state index in [2.05, 4.69) is 42.7 Å². The van der Waals surface area contributed by atoms with E-state index in [1.165, 1.54) is 0 Å². The van der Waals surface area contributed by atoms with Gasteiger partial charge in [-0.05, 0) is 34.9 Å². The Bertz CT molecular complexity index is 338. The van der Waals surface area contributed by atoms with Gasteiger partial charge in [0.15, 0.2) is 5.13 Å². The molecule has 0 aliphatic heterocycles. The lowest BCUT2D eigenvalue weighted by molar-refractivity contribution is 0.195.